The van der Waals surface area contributed by atoms with Gasteiger partial charge in [-0.2, -0.15) is 5.10 Å². The molecule has 1 aliphatic rings. The van der Waals surface area contributed by atoms with Gasteiger partial charge in [-0.05, 0) is 24.5 Å². The van der Waals surface area contributed by atoms with Gasteiger partial charge in [0.2, 0.25) is 0 Å². The molecule has 0 saturated carbocycles. The molecule has 0 amide bonds. The Bertz CT molecular complexity index is 644. The molecule has 118 valence electrons. The van der Waals surface area contributed by atoms with Crippen LogP contribution in [0.25, 0.3) is 0 Å². The number of nitrogens with one attached hydrogen (secondary N) is 1. The minimum Gasteiger partial charge on any atom is -0.372 e. The number of hydrogen-bond donors (Lipinski definition) is 1. The van der Waals surface area contributed by atoms with Gasteiger partial charge in [0.1, 0.15) is 6.10 Å². The maximum absolute atomic E-state index is 6.25. The SMILES string of the molecule is Cn1cc([C@H]2OCCC[C@@H]2NCc2cccc(Cl)c2Cl)cn1. The normalized spacial score (nSPS) is 22.0. The molecule has 1 aliphatic heterocycles. The molecule has 0 unspecified atom stereocenters. The maximum Gasteiger partial charge on any atom is 0.101 e. The summed E-state index contributed by atoms with van der Waals surface area (Å²) in [6.45, 7) is 1.46. The highest BCUT2D eigenvalue weighted by Crippen LogP contribution is 2.30. The van der Waals surface area contributed by atoms with Crippen molar-refractivity contribution in [1.29, 1.82) is 0 Å². The van der Waals surface area contributed by atoms with Crippen LogP contribution in [0, 0.1) is 0 Å². The smallest absolute Gasteiger partial charge is 0.101 e. The van der Waals surface area contributed by atoms with Crippen molar-refractivity contribution in [2.45, 2.75) is 31.5 Å². The van der Waals surface area contributed by atoms with E-state index in [0.717, 1.165) is 30.6 Å². The molecule has 22 heavy (non-hydrogen) atoms. The molecule has 2 atom stereocenters. The molecule has 3 rings (SSSR count). The number of hydrogen-bond acceptors (Lipinski definition) is 3. The predicted molar refractivity (Wildman–Crippen MR) is 88.2 cm³/mol. The van der Waals surface area contributed by atoms with Crippen LogP contribution in [0.1, 0.15) is 30.1 Å². The summed E-state index contributed by atoms with van der Waals surface area (Å²) in [4.78, 5) is 0. The lowest BCUT2D eigenvalue weighted by molar-refractivity contribution is -0.0112. The number of halogens is 2. The molecule has 0 bridgehead atoms. The summed E-state index contributed by atoms with van der Waals surface area (Å²) in [7, 11) is 1.92. The van der Waals surface area contributed by atoms with Gasteiger partial charge in [0.25, 0.3) is 0 Å². The van der Waals surface area contributed by atoms with Gasteiger partial charge in [0, 0.05) is 38.0 Å². The van der Waals surface area contributed by atoms with Crippen LogP contribution in [-0.2, 0) is 18.3 Å². The van der Waals surface area contributed by atoms with Gasteiger partial charge in [-0.15, -0.1) is 0 Å². The second-order valence-corrected chi connectivity index (χ2v) is 6.37. The van der Waals surface area contributed by atoms with Gasteiger partial charge >= 0.3 is 0 Å². The van der Waals surface area contributed by atoms with Crippen LogP contribution >= 0.6 is 23.2 Å². The van der Waals surface area contributed by atoms with Crippen molar-refractivity contribution in [3.8, 4) is 0 Å². The van der Waals surface area contributed by atoms with Gasteiger partial charge < -0.3 is 10.1 Å². The number of aryl methyl sites for hydroxylation is 1. The van der Waals surface area contributed by atoms with Crippen molar-refractivity contribution in [3.05, 3.63) is 51.8 Å². The van der Waals surface area contributed by atoms with Crippen molar-refractivity contribution in [1.82, 2.24) is 15.1 Å². The predicted octanol–water partition coefficient (Wildman–Crippen LogP) is 3.74. The topological polar surface area (TPSA) is 39.1 Å². The fourth-order valence-corrected chi connectivity index (χ4v) is 3.22. The van der Waals surface area contributed by atoms with E-state index in [9.17, 15) is 0 Å². The van der Waals surface area contributed by atoms with Crippen molar-refractivity contribution >= 4 is 23.2 Å². The lowest BCUT2D eigenvalue weighted by Gasteiger charge is -2.32. The van der Waals surface area contributed by atoms with E-state index in [2.05, 4.69) is 10.4 Å². The van der Waals surface area contributed by atoms with E-state index in [1.807, 2.05) is 31.6 Å². The zero-order valence-corrected chi connectivity index (χ0v) is 13.9. The molecule has 1 aromatic carbocycles. The first kappa shape index (κ1) is 15.8. The average molecular weight is 340 g/mol. The molecule has 0 spiro atoms. The summed E-state index contributed by atoms with van der Waals surface area (Å²) in [6.07, 6.45) is 6.03. The molecule has 6 heteroatoms. The van der Waals surface area contributed by atoms with Crippen LogP contribution in [-0.4, -0.2) is 22.4 Å². The molecular formula is C16H19Cl2N3O. The summed E-state index contributed by atoms with van der Waals surface area (Å²) in [6, 6.07) is 5.95. The number of nitrogens with zero attached hydrogens (tertiary/aromatic N) is 2. The minimum absolute atomic E-state index is 0.0282. The van der Waals surface area contributed by atoms with E-state index in [4.69, 9.17) is 27.9 Å². The highest BCUT2D eigenvalue weighted by molar-refractivity contribution is 6.42. The molecule has 1 aromatic heterocycles. The van der Waals surface area contributed by atoms with Crippen LogP contribution < -0.4 is 5.32 Å². The molecule has 2 aromatic rings. The van der Waals surface area contributed by atoms with Crippen LogP contribution in [0.3, 0.4) is 0 Å². The van der Waals surface area contributed by atoms with Crippen LogP contribution in [0.5, 0.6) is 0 Å². The standard InChI is InChI=1S/C16H19Cl2N3O/c1-21-10-12(9-20-21)16-14(6-3-7-22-16)19-8-11-4-2-5-13(17)15(11)18/h2,4-5,9-10,14,16,19H,3,6-8H2,1H3/t14-,16+/m0/s1. The third kappa shape index (κ3) is 3.46. The third-order valence-electron chi connectivity index (χ3n) is 3.96. The monoisotopic (exact) mass is 339 g/mol. The number of aromatic nitrogens is 2. The van der Waals surface area contributed by atoms with E-state index < -0.39 is 0 Å². The van der Waals surface area contributed by atoms with Gasteiger partial charge in [-0.3, -0.25) is 4.68 Å². The summed E-state index contributed by atoms with van der Waals surface area (Å²) in [5.74, 6) is 0. The lowest BCUT2D eigenvalue weighted by Crippen LogP contribution is -2.39. The Labute approximate surface area is 140 Å². The van der Waals surface area contributed by atoms with E-state index in [0.29, 0.717) is 16.6 Å². The van der Waals surface area contributed by atoms with E-state index in [1.165, 1.54) is 0 Å². The summed E-state index contributed by atoms with van der Waals surface area (Å²) in [5.41, 5.74) is 2.11. The minimum atomic E-state index is 0.0282. The molecule has 0 aliphatic carbocycles. The Balaban J connectivity index is 1.70. The molecule has 1 N–H and O–H groups in total. The van der Waals surface area contributed by atoms with E-state index >= 15 is 0 Å². The Morgan fingerprint density at radius 2 is 2.27 bits per heavy atom. The summed E-state index contributed by atoms with van der Waals surface area (Å²) in [5, 5.41) is 9.00. The first-order valence-corrected chi connectivity index (χ1v) is 8.17. The van der Waals surface area contributed by atoms with Gasteiger partial charge in [-0.25, -0.2) is 0 Å². The Morgan fingerprint density at radius 3 is 3.05 bits per heavy atom. The Kier molecular flexibility index (Phi) is 5.03. The maximum atomic E-state index is 6.25. The Morgan fingerprint density at radius 1 is 1.41 bits per heavy atom. The zero-order valence-electron chi connectivity index (χ0n) is 12.4. The zero-order chi connectivity index (χ0) is 15.5. The number of benzene rings is 1. The summed E-state index contributed by atoms with van der Waals surface area (Å²) < 4.78 is 7.76. The van der Waals surface area contributed by atoms with Crippen molar-refractivity contribution in [2.75, 3.05) is 6.61 Å². The second-order valence-electron chi connectivity index (χ2n) is 5.58. The van der Waals surface area contributed by atoms with Gasteiger partial charge in [0.15, 0.2) is 0 Å². The fourth-order valence-electron chi connectivity index (χ4n) is 2.83. The van der Waals surface area contributed by atoms with E-state index in [-0.39, 0.29) is 12.1 Å². The largest absolute Gasteiger partial charge is 0.372 e. The van der Waals surface area contributed by atoms with Gasteiger partial charge in [0.05, 0.1) is 16.2 Å². The quantitative estimate of drug-likeness (QED) is 0.922. The van der Waals surface area contributed by atoms with Crippen LogP contribution in [0.2, 0.25) is 10.0 Å². The van der Waals surface area contributed by atoms with Gasteiger partial charge in [-0.1, -0.05) is 35.3 Å². The first-order valence-electron chi connectivity index (χ1n) is 7.41. The number of ether oxygens (including phenoxy) is 1. The molecule has 4 nitrogen and oxygen atoms in total. The highest BCUT2D eigenvalue weighted by atomic mass is 35.5. The van der Waals surface area contributed by atoms with Crippen molar-refractivity contribution in [3.63, 3.8) is 0 Å². The van der Waals surface area contributed by atoms with Crippen molar-refractivity contribution < 1.29 is 4.74 Å². The molecule has 1 saturated heterocycles. The first-order chi connectivity index (χ1) is 10.6. The van der Waals surface area contributed by atoms with Crippen LogP contribution in [0.15, 0.2) is 30.6 Å². The molecule has 0 radical (unpaired) electrons. The second kappa shape index (κ2) is 7.01. The lowest BCUT2D eigenvalue weighted by atomic mass is 9.98. The average Bonchev–Trinajstić information content (AvgIpc) is 2.95. The third-order valence-corrected chi connectivity index (χ3v) is 4.82. The Hall–Kier alpha value is -1.07. The fraction of sp³-hybridized carbons (Fsp3) is 0.438. The van der Waals surface area contributed by atoms with E-state index in [1.54, 1.807) is 10.7 Å². The number of rotatable bonds is 4. The molecule has 2 heterocycles. The molecular weight excluding hydrogens is 321 g/mol. The van der Waals surface area contributed by atoms with Crippen LogP contribution in [0.4, 0.5) is 0 Å². The van der Waals surface area contributed by atoms with Crippen molar-refractivity contribution in [2.24, 2.45) is 7.05 Å². The summed E-state index contributed by atoms with van der Waals surface area (Å²) >= 11 is 12.3. The highest BCUT2D eigenvalue weighted by Gasteiger charge is 2.28. The molecule has 1 fully saturated rings.